The standard InChI is InChI=1S/C20H26N2O2S/c1-4-17(23)21-16-7-5-15(6-8-16)19(24)22-13-20(18(22)14(2)3)9-11-25-12-10-20/h4-8,14,18H,1,9-13H2,2-3H3,(H,21,23). The van der Waals surface area contributed by atoms with Crippen molar-refractivity contribution in [2.45, 2.75) is 32.7 Å². The maximum absolute atomic E-state index is 13.0. The van der Waals surface area contributed by atoms with E-state index in [-0.39, 0.29) is 11.8 Å². The number of hydrogen-bond acceptors (Lipinski definition) is 3. The molecule has 0 radical (unpaired) electrons. The summed E-state index contributed by atoms with van der Waals surface area (Å²) in [5.74, 6) is 2.74. The average Bonchev–Trinajstić information content (AvgIpc) is 2.60. The smallest absolute Gasteiger partial charge is 0.254 e. The minimum atomic E-state index is -0.251. The van der Waals surface area contributed by atoms with Gasteiger partial charge in [-0.15, -0.1) is 0 Å². The SMILES string of the molecule is C=CC(=O)Nc1ccc(C(=O)N2CC3(CCSCC3)C2C(C)C)cc1. The van der Waals surface area contributed by atoms with Crippen molar-refractivity contribution in [1.29, 1.82) is 0 Å². The van der Waals surface area contributed by atoms with Crippen LogP contribution in [0.2, 0.25) is 0 Å². The third kappa shape index (κ3) is 3.47. The molecule has 0 saturated carbocycles. The fourth-order valence-electron chi connectivity index (χ4n) is 4.30. The molecule has 2 heterocycles. The Balaban J connectivity index is 1.72. The Bertz CT molecular complexity index is 663. The minimum absolute atomic E-state index is 0.101. The number of amides is 2. The molecule has 0 aromatic heterocycles. The van der Waals surface area contributed by atoms with Gasteiger partial charge in [-0.3, -0.25) is 9.59 Å². The first-order valence-corrected chi connectivity index (χ1v) is 10.0. The largest absolute Gasteiger partial charge is 0.334 e. The molecule has 3 rings (SSSR count). The molecule has 2 saturated heterocycles. The number of anilines is 1. The summed E-state index contributed by atoms with van der Waals surface area (Å²) in [7, 11) is 0. The number of benzene rings is 1. The average molecular weight is 359 g/mol. The number of rotatable bonds is 4. The lowest BCUT2D eigenvalue weighted by Gasteiger charge is -2.61. The van der Waals surface area contributed by atoms with Gasteiger partial charge in [0.2, 0.25) is 5.91 Å². The van der Waals surface area contributed by atoms with Crippen LogP contribution in [0.25, 0.3) is 0 Å². The highest BCUT2D eigenvalue weighted by Crippen LogP contribution is 2.51. The van der Waals surface area contributed by atoms with Crippen LogP contribution in [0.15, 0.2) is 36.9 Å². The predicted octanol–water partition coefficient (Wildman–Crippen LogP) is 3.80. The summed E-state index contributed by atoms with van der Waals surface area (Å²) < 4.78 is 0. The maximum Gasteiger partial charge on any atom is 0.254 e. The van der Waals surface area contributed by atoms with Crippen molar-refractivity contribution in [3.63, 3.8) is 0 Å². The van der Waals surface area contributed by atoms with Gasteiger partial charge in [-0.25, -0.2) is 0 Å². The summed E-state index contributed by atoms with van der Waals surface area (Å²) in [6, 6.07) is 7.46. The lowest BCUT2D eigenvalue weighted by atomic mass is 9.63. The van der Waals surface area contributed by atoms with E-state index in [4.69, 9.17) is 0 Å². The summed E-state index contributed by atoms with van der Waals surface area (Å²) >= 11 is 2.03. The van der Waals surface area contributed by atoms with Gasteiger partial charge in [0.05, 0.1) is 0 Å². The van der Waals surface area contributed by atoms with Crippen LogP contribution in [0.4, 0.5) is 5.69 Å². The first-order chi connectivity index (χ1) is 12.0. The lowest BCUT2D eigenvalue weighted by molar-refractivity contribution is -0.111. The highest BCUT2D eigenvalue weighted by Gasteiger charge is 2.55. The normalized spacial score (nSPS) is 21.7. The van der Waals surface area contributed by atoms with Crippen LogP contribution in [-0.2, 0) is 4.79 Å². The molecule has 1 N–H and O–H groups in total. The van der Waals surface area contributed by atoms with Gasteiger partial charge in [0.1, 0.15) is 0 Å². The highest BCUT2D eigenvalue weighted by atomic mass is 32.2. The fraction of sp³-hybridized carbons (Fsp3) is 0.500. The number of carbonyl (C=O) groups excluding carboxylic acids is 2. The molecule has 1 aromatic carbocycles. The number of hydrogen-bond donors (Lipinski definition) is 1. The summed E-state index contributed by atoms with van der Waals surface area (Å²) in [4.78, 5) is 26.4. The van der Waals surface area contributed by atoms with E-state index in [0.29, 0.717) is 28.6 Å². The number of nitrogens with one attached hydrogen (secondary N) is 1. The fourth-order valence-corrected chi connectivity index (χ4v) is 5.61. The van der Waals surface area contributed by atoms with Crippen LogP contribution in [0.1, 0.15) is 37.0 Å². The van der Waals surface area contributed by atoms with E-state index in [2.05, 4.69) is 30.6 Å². The van der Waals surface area contributed by atoms with E-state index in [1.165, 1.54) is 30.4 Å². The van der Waals surface area contributed by atoms with Crippen molar-refractivity contribution >= 4 is 29.3 Å². The van der Waals surface area contributed by atoms with Gasteiger partial charge in [-0.1, -0.05) is 20.4 Å². The molecule has 5 heteroatoms. The summed E-state index contributed by atoms with van der Waals surface area (Å²) in [6.45, 7) is 8.76. The zero-order chi connectivity index (χ0) is 18.0. The first kappa shape index (κ1) is 18.1. The molecule has 0 bridgehead atoms. The molecule has 1 spiro atoms. The zero-order valence-electron chi connectivity index (χ0n) is 15.0. The second kappa shape index (κ2) is 7.24. The lowest BCUT2D eigenvalue weighted by Crippen LogP contribution is -2.69. The molecule has 2 aliphatic rings. The molecule has 1 atom stereocenters. The van der Waals surface area contributed by atoms with Gasteiger partial charge >= 0.3 is 0 Å². The van der Waals surface area contributed by atoms with E-state index in [1.54, 1.807) is 24.3 Å². The number of thioether (sulfide) groups is 1. The van der Waals surface area contributed by atoms with Crippen molar-refractivity contribution in [2.75, 3.05) is 23.4 Å². The third-order valence-electron chi connectivity index (χ3n) is 5.41. The molecule has 25 heavy (non-hydrogen) atoms. The molecule has 2 aliphatic heterocycles. The van der Waals surface area contributed by atoms with Gasteiger partial charge in [0.25, 0.3) is 5.91 Å². The Morgan fingerprint density at radius 2 is 1.92 bits per heavy atom. The van der Waals surface area contributed by atoms with Gasteiger partial charge in [0, 0.05) is 29.3 Å². The Labute approximate surface area is 154 Å². The number of carbonyl (C=O) groups is 2. The molecule has 1 unspecified atom stereocenters. The molecule has 0 aliphatic carbocycles. The van der Waals surface area contributed by atoms with E-state index in [9.17, 15) is 9.59 Å². The first-order valence-electron chi connectivity index (χ1n) is 8.89. The topological polar surface area (TPSA) is 49.4 Å². The Hall–Kier alpha value is -1.75. The second-order valence-corrected chi connectivity index (χ2v) is 8.59. The third-order valence-corrected chi connectivity index (χ3v) is 6.40. The van der Waals surface area contributed by atoms with E-state index in [0.717, 1.165) is 6.54 Å². The van der Waals surface area contributed by atoms with Gasteiger partial charge < -0.3 is 10.2 Å². The molecule has 4 nitrogen and oxygen atoms in total. The molecule has 1 aromatic rings. The van der Waals surface area contributed by atoms with Crippen LogP contribution < -0.4 is 5.32 Å². The molecule has 2 fully saturated rings. The highest BCUT2D eigenvalue weighted by molar-refractivity contribution is 7.99. The Morgan fingerprint density at radius 3 is 2.48 bits per heavy atom. The van der Waals surface area contributed by atoms with Gasteiger partial charge in [0.15, 0.2) is 0 Å². The maximum atomic E-state index is 13.0. The van der Waals surface area contributed by atoms with Crippen LogP contribution in [-0.4, -0.2) is 40.8 Å². The van der Waals surface area contributed by atoms with E-state index >= 15 is 0 Å². The Morgan fingerprint density at radius 1 is 1.28 bits per heavy atom. The quantitative estimate of drug-likeness (QED) is 0.833. The molecular formula is C20H26N2O2S. The predicted molar refractivity (Wildman–Crippen MR) is 104 cm³/mol. The van der Waals surface area contributed by atoms with Crippen molar-refractivity contribution in [3.8, 4) is 0 Å². The molecule has 2 amide bonds. The van der Waals surface area contributed by atoms with Crippen LogP contribution >= 0.6 is 11.8 Å². The monoisotopic (exact) mass is 358 g/mol. The number of nitrogens with zero attached hydrogens (tertiary/aromatic N) is 1. The summed E-state index contributed by atoms with van der Waals surface area (Å²) in [6.07, 6.45) is 3.67. The minimum Gasteiger partial charge on any atom is -0.334 e. The van der Waals surface area contributed by atoms with Crippen molar-refractivity contribution < 1.29 is 9.59 Å². The van der Waals surface area contributed by atoms with Crippen LogP contribution in [0.3, 0.4) is 0 Å². The Kier molecular flexibility index (Phi) is 5.23. The molecule has 134 valence electrons. The van der Waals surface area contributed by atoms with Gasteiger partial charge in [-0.05, 0) is 60.6 Å². The zero-order valence-corrected chi connectivity index (χ0v) is 15.8. The summed E-state index contributed by atoms with van der Waals surface area (Å²) in [5.41, 5.74) is 1.68. The molecular weight excluding hydrogens is 332 g/mol. The van der Waals surface area contributed by atoms with Crippen molar-refractivity contribution in [3.05, 3.63) is 42.5 Å². The van der Waals surface area contributed by atoms with E-state index < -0.39 is 0 Å². The van der Waals surface area contributed by atoms with Crippen LogP contribution in [0, 0.1) is 11.3 Å². The van der Waals surface area contributed by atoms with Crippen LogP contribution in [0.5, 0.6) is 0 Å². The van der Waals surface area contributed by atoms with E-state index in [1.807, 2.05) is 11.8 Å². The van der Waals surface area contributed by atoms with Gasteiger partial charge in [-0.2, -0.15) is 11.8 Å². The van der Waals surface area contributed by atoms with Crippen molar-refractivity contribution in [1.82, 2.24) is 4.90 Å². The second-order valence-electron chi connectivity index (χ2n) is 7.37. The summed E-state index contributed by atoms with van der Waals surface area (Å²) in [5, 5.41) is 2.70. The van der Waals surface area contributed by atoms with Crippen molar-refractivity contribution in [2.24, 2.45) is 11.3 Å². The number of likely N-dealkylation sites (tertiary alicyclic amines) is 1.